The predicted molar refractivity (Wildman–Crippen MR) is 90.0 cm³/mol. The maximum atomic E-state index is 9.50. The highest BCUT2D eigenvalue weighted by atomic mass is 15.4. The lowest BCUT2D eigenvalue weighted by Crippen LogP contribution is -2.35. The van der Waals surface area contributed by atoms with Crippen LogP contribution in [0.4, 0.5) is 5.69 Å². The Morgan fingerprint density at radius 2 is 1.77 bits per heavy atom. The van der Waals surface area contributed by atoms with E-state index in [0.717, 1.165) is 11.3 Å². The highest BCUT2D eigenvalue weighted by molar-refractivity contribution is 5.83. The van der Waals surface area contributed by atoms with Crippen LogP contribution in [0.1, 0.15) is 12.5 Å². The lowest BCUT2D eigenvalue weighted by molar-refractivity contribution is 0.382. The minimum Gasteiger partial charge on any atom is -0.358 e. The molecule has 0 aromatic heterocycles. The number of allylic oxidation sites excluding steroid dienone is 1. The molecule has 3 rings (SSSR count). The minimum atomic E-state index is 0.123. The molecule has 0 bridgehead atoms. The summed E-state index contributed by atoms with van der Waals surface area (Å²) in [6.07, 6.45) is 2.03. The molecule has 0 fully saturated rings. The van der Waals surface area contributed by atoms with Crippen LogP contribution in [0, 0.1) is 18.3 Å². The first-order chi connectivity index (χ1) is 10.6. The number of anilines is 1. The lowest BCUT2D eigenvalue weighted by atomic mass is 9.99. The van der Waals surface area contributed by atoms with Crippen molar-refractivity contribution in [2.75, 3.05) is 11.9 Å². The van der Waals surface area contributed by atoms with Gasteiger partial charge in [0.1, 0.15) is 17.9 Å². The summed E-state index contributed by atoms with van der Waals surface area (Å²) in [5.41, 5.74) is 5.29. The van der Waals surface area contributed by atoms with Crippen LogP contribution in [0.15, 0.2) is 60.4 Å². The van der Waals surface area contributed by atoms with Crippen molar-refractivity contribution in [1.29, 1.82) is 5.26 Å². The molecule has 110 valence electrons. The first kappa shape index (κ1) is 14.2. The van der Waals surface area contributed by atoms with Crippen LogP contribution in [-0.2, 0) is 0 Å². The summed E-state index contributed by atoms with van der Waals surface area (Å²) >= 11 is 0. The van der Waals surface area contributed by atoms with Gasteiger partial charge in [0.15, 0.2) is 0 Å². The van der Waals surface area contributed by atoms with Gasteiger partial charge in [-0.2, -0.15) is 5.26 Å². The fourth-order valence-corrected chi connectivity index (χ4v) is 2.97. The molecule has 0 amide bonds. The summed E-state index contributed by atoms with van der Waals surface area (Å²) in [7, 11) is 2.00. The molecule has 22 heavy (non-hydrogen) atoms. The van der Waals surface area contributed by atoms with Crippen LogP contribution in [0.3, 0.4) is 0 Å². The number of nitriles is 1. The molecule has 2 aromatic rings. The van der Waals surface area contributed by atoms with Crippen LogP contribution in [0.5, 0.6) is 0 Å². The van der Waals surface area contributed by atoms with Gasteiger partial charge in [0.25, 0.3) is 0 Å². The fourth-order valence-electron chi connectivity index (χ4n) is 2.97. The zero-order valence-electron chi connectivity index (χ0n) is 13.1. The highest BCUT2D eigenvalue weighted by Gasteiger charge is 2.30. The smallest absolute Gasteiger partial charge is 0.138 e. The number of benzene rings is 2. The Balaban J connectivity index is 2.20. The first-order valence-corrected chi connectivity index (χ1v) is 7.41. The Bertz CT molecular complexity index is 756. The summed E-state index contributed by atoms with van der Waals surface area (Å²) in [6, 6.07) is 18.9. The van der Waals surface area contributed by atoms with E-state index in [1.54, 1.807) is 0 Å². The van der Waals surface area contributed by atoms with Crippen LogP contribution in [0.25, 0.3) is 11.1 Å². The van der Waals surface area contributed by atoms with E-state index >= 15 is 0 Å². The van der Waals surface area contributed by atoms with Gasteiger partial charge in [0.2, 0.25) is 0 Å². The van der Waals surface area contributed by atoms with Gasteiger partial charge in [-0.25, -0.2) is 0 Å². The van der Waals surface area contributed by atoms with Gasteiger partial charge < -0.3 is 9.80 Å². The normalized spacial score (nSPS) is 17.4. The molecule has 0 spiro atoms. The molecule has 0 aliphatic carbocycles. The molecule has 0 saturated carbocycles. The quantitative estimate of drug-likeness (QED) is 0.833. The summed E-state index contributed by atoms with van der Waals surface area (Å²) in [4.78, 5) is 4.19. The molecule has 0 unspecified atom stereocenters. The number of hydrogen-bond acceptors (Lipinski definition) is 3. The van der Waals surface area contributed by atoms with Gasteiger partial charge in [-0.1, -0.05) is 48.5 Å². The minimum absolute atomic E-state index is 0.123. The molecule has 0 N–H and O–H groups in total. The second-order valence-corrected chi connectivity index (χ2v) is 5.63. The van der Waals surface area contributed by atoms with Crippen molar-refractivity contribution < 1.29 is 0 Å². The number of rotatable bonds is 2. The maximum Gasteiger partial charge on any atom is 0.138 e. The van der Waals surface area contributed by atoms with Crippen molar-refractivity contribution in [3.63, 3.8) is 0 Å². The molecule has 0 radical (unpaired) electrons. The van der Waals surface area contributed by atoms with Crippen molar-refractivity contribution in [1.82, 2.24) is 4.90 Å². The summed E-state index contributed by atoms with van der Waals surface area (Å²) < 4.78 is 0. The summed E-state index contributed by atoms with van der Waals surface area (Å²) in [5, 5.41) is 9.50. The lowest BCUT2D eigenvalue weighted by Gasteiger charge is -2.31. The number of nitrogens with zero attached hydrogens (tertiary/aromatic N) is 3. The SMILES string of the molecule is Cc1cccc(-c2ccccc2)c1N1C(C#N)=CN(C)[C@@H]1C. The van der Waals surface area contributed by atoms with E-state index in [9.17, 15) is 5.26 Å². The third-order valence-corrected chi connectivity index (χ3v) is 4.23. The second-order valence-electron chi connectivity index (χ2n) is 5.63. The van der Waals surface area contributed by atoms with E-state index in [4.69, 9.17) is 0 Å². The van der Waals surface area contributed by atoms with Crippen molar-refractivity contribution in [2.45, 2.75) is 20.0 Å². The summed E-state index contributed by atoms with van der Waals surface area (Å²) in [6.45, 7) is 4.21. The molecule has 1 aliphatic heterocycles. The van der Waals surface area contributed by atoms with Crippen molar-refractivity contribution in [3.05, 3.63) is 66.0 Å². The topological polar surface area (TPSA) is 30.3 Å². The molecule has 2 aromatic carbocycles. The van der Waals surface area contributed by atoms with Crippen molar-refractivity contribution in [2.24, 2.45) is 0 Å². The third-order valence-electron chi connectivity index (χ3n) is 4.23. The number of para-hydroxylation sites is 1. The molecular weight excluding hydrogens is 270 g/mol. The average molecular weight is 289 g/mol. The third kappa shape index (κ3) is 2.23. The van der Waals surface area contributed by atoms with Crippen LogP contribution in [-0.4, -0.2) is 18.1 Å². The fraction of sp³-hybridized carbons (Fsp3) is 0.211. The van der Waals surface area contributed by atoms with E-state index in [-0.39, 0.29) is 6.17 Å². The molecule has 1 heterocycles. The molecule has 3 nitrogen and oxygen atoms in total. The Morgan fingerprint density at radius 3 is 2.45 bits per heavy atom. The summed E-state index contributed by atoms with van der Waals surface area (Å²) in [5.74, 6) is 0. The van der Waals surface area contributed by atoms with E-state index in [1.807, 2.05) is 31.4 Å². The van der Waals surface area contributed by atoms with Gasteiger partial charge in [-0.15, -0.1) is 0 Å². The molecule has 0 saturated heterocycles. The van der Waals surface area contributed by atoms with Gasteiger partial charge in [-0.05, 0) is 25.0 Å². The first-order valence-electron chi connectivity index (χ1n) is 7.41. The zero-order valence-corrected chi connectivity index (χ0v) is 13.1. The van der Waals surface area contributed by atoms with Crippen molar-refractivity contribution >= 4 is 5.69 Å². The van der Waals surface area contributed by atoms with E-state index in [2.05, 4.69) is 60.0 Å². The molecule has 1 aliphatic rings. The average Bonchev–Trinajstić information content (AvgIpc) is 2.83. The van der Waals surface area contributed by atoms with Gasteiger partial charge in [0, 0.05) is 18.8 Å². The largest absolute Gasteiger partial charge is 0.358 e. The van der Waals surface area contributed by atoms with Crippen LogP contribution < -0.4 is 4.90 Å². The molecule has 1 atom stereocenters. The molecule has 3 heteroatoms. The van der Waals surface area contributed by atoms with Gasteiger partial charge in [0.05, 0.1) is 5.69 Å². The Morgan fingerprint density at radius 1 is 1.05 bits per heavy atom. The van der Waals surface area contributed by atoms with E-state index < -0.39 is 0 Å². The second kappa shape index (κ2) is 5.57. The Labute approximate surface area is 131 Å². The van der Waals surface area contributed by atoms with Gasteiger partial charge >= 0.3 is 0 Å². The Hall–Kier alpha value is -2.73. The predicted octanol–water partition coefficient (Wildman–Crippen LogP) is 4.12. The standard InChI is InChI=1S/C19H19N3/c1-14-8-7-11-18(16-9-5-4-6-10-16)19(14)22-15(2)21(3)13-17(22)12-20/h4-11,13,15H,1-3H3/t15-/m0/s1. The monoisotopic (exact) mass is 289 g/mol. The number of aryl methyl sites for hydroxylation is 1. The van der Waals surface area contributed by atoms with E-state index in [1.165, 1.54) is 11.1 Å². The maximum absolute atomic E-state index is 9.50. The zero-order chi connectivity index (χ0) is 15.7. The van der Waals surface area contributed by atoms with Gasteiger partial charge in [-0.3, -0.25) is 0 Å². The van der Waals surface area contributed by atoms with Crippen LogP contribution >= 0.6 is 0 Å². The van der Waals surface area contributed by atoms with Crippen molar-refractivity contribution in [3.8, 4) is 17.2 Å². The molecular formula is C19H19N3. The number of hydrogen-bond donors (Lipinski definition) is 0. The highest BCUT2D eigenvalue weighted by Crippen LogP contribution is 2.39. The van der Waals surface area contributed by atoms with E-state index in [0.29, 0.717) is 5.70 Å². The van der Waals surface area contributed by atoms with Crippen LogP contribution in [0.2, 0.25) is 0 Å². The Kier molecular flexibility index (Phi) is 3.60.